The van der Waals surface area contributed by atoms with Gasteiger partial charge in [0, 0.05) is 66.1 Å². The van der Waals surface area contributed by atoms with E-state index in [0.717, 1.165) is 11.3 Å². The van der Waals surface area contributed by atoms with Gasteiger partial charge in [-0.05, 0) is 92.5 Å². The highest BCUT2D eigenvalue weighted by Crippen LogP contribution is 2.52. The van der Waals surface area contributed by atoms with Gasteiger partial charge in [-0.25, -0.2) is 18.0 Å². The highest BCUT2D eigenvalue weighted by atomic mass is 35.5. The number of ether oxygens (including phenoxy) is 2. The number of carbonyl (C=O) groups is 7. The molecule has 0 spiro atoms. The quantitative estimate of drug-likeness (QED) is 0.0937. The molecule has 1 aromatic heterocycles. The van der Waals surface area contributed by atoms with Crippen molar-refractivity contribution in [3.63, 3.8) is 0 Å². The first kappa shape index (κ1) is 48.5. The van der Waals surface area contributed by atoms with Gasteiger partial charge in [0.25, 0.3) is 11.8 Å². The van der Waals surface area contributed by atoms with Gasteiger partial charge in [0.2, 0.25) is 27.7 Å². The Balaban J connectivity index is 0.751. The van der Waals surface area contributed by atoms with Gasteiger partial charge < -0.3 is 40.1 Å². The van der Waals surface area contributed by atoms with Crippen LogP contribution >= 0.6 is 22.9 Å². The number of aromatic carboxylic acids is 1. The van der Waals surface area contributed by atoms with Crippen LogP contribution in [0.15, 0.2) is 66.7 Å². The van der Waals surface area contributed by atoms with Gasteiger partial charge in [0.15, 0.2) is 23.8 Å². The molecule has 0 bridgehead atoms. The zero-order valence-corrected chi connectivity index (χ0v) is 40.3. The molecule has 5 atom stereocenters. The van der Waals surface area contributed by atoms with Gasteiger partial charge in [-0.15, -0.1) is 11.3 Å². The van der Waals surface area contributed by atoms with Crippen molar-refractivity contribution in [2.75, 3.05) is 43.5 Å². The Morgan fingerprint density at radius 3 is 2.37 bits per heavy atom. The van der Waals surface area contributed by atoms with Crippen LogP contribution in [0.2, 0.25) is 5.02 Å². The lowest BCUT2D eigenvalue weighted by molar-refractivity contribution is -0.139. The van der Waals surface area contributed by atoms with Crippen LogP contribution in [-0.2, 0) is 46.3 Å². The van der Waals surface area contributed by atoms with E-state index in [4.69, 9.17) is 26.2 Å². The Morgan fingerprint density at radius 1 is 0.929 bits per heavy atom. The second kappa shape index (κ2) is 19.0. The van der Waals surface area contributed by atoms with E-state index < -0.39 is 46.1 Å². The van der Waals surface area contributed by atoms with Gasteiger partial charge in [0.1, 0.15) is 16.8 Å². The number of halogens is 1. The molecular weight excluding hydrogens is 968 g/mol. The fourth-order valence-corrected chi connectivity index (χ4v) is 13.7. The van der Waals surface area contributed by atoms with Crippen LogP contribution in [0.25, 0.3) is 10.4 Å². The average molecular weight is 1020 g/mol. The van der Waals surface area contributed by atoms with E-state index in [1.165, 1.54) is 9.21 Å². The third kappa shape index (κ3) is 9.79. The summed E-state index contributed by atoms with van der Waals surface area (Å²) in [5.74, 6) is -4.82. The molecule has 70 heavy (non-hydrogen) atoms. The number of anilines is 2. The van der Waals surface area contributed by atoms with Crippen molar-refractivity contribution in [3.8, 4) is 21.9 Å². The summed E-state index contributed by atoms with van der Waals surface area (Å²) in [7, 11) is -3.83. The highest BCUT2D eigenvalue weighted by Gasteiger charge is 2.60. The first-order valence-corrected chi connectivity index (χ1v) is 25.4. The van der Waals surface area contributed by atoms with E-state index in [1.54, 1.807) is 65.6 Å². The molecule has 3 aromatic carbocycles. The standard InChI is InChI=1S/C48H49ClN6O13S2/c1-48(2)18-29(50-28-9-4-7-26(17-28)42-40(49)41(68-23-38(58)59)43(69-42)47(63)64)14-15-55(48)70(65,66)24-25-6-3-8-27(16-25)51-45(61)39-32-19-53(20-33(32)39)37(57)22-67-35-11-5-10-30-31(35)21-54(46(30)62)34-12-13-36(56)52-44(34)60/h3-11,16-17,29,32-34,39,50H,12-15,18-24H2,1-2H3,(H,51,61)(H,58,59)(H,63,64)(H,52,56,60)/t29-,32+,33?,34?,39-/m0/s1. The SMILES string of the molecule is CC1(C)C[C@@H](Nc2cccc(-c3sc(C(=O)O)c(OCC(=O)O)c3Cl)c2)CCN1S(=O)(=O)Cc1cccc(NC(=O)[C@@H]2C3CN(C(=O)COc4cccc5c4CN(C4CCC(=O)NC4=O)C5=O)C[C@H]32)c1. The summed E-state index contributed by atoms with van der Waals surface area (Å²) in [4.78, 5) is 90.3. The van der Waals surface area contributed by atoms with Crippen molar-refractivity contribution in [1.29, 1.82) is 0 Å². The topological polar surface area (TPSA) is 258 Å². The van der Waals surface area contributed by atoms with Crippen molar-refractivity contribution >= 4 is 85.8 Å². The minimum absolute atomic E-state index is 0.0107. The molecule has 5 N–H and O–H groups in total. The van der Waals surface area contributed by atoms with Crippen LogP contribution in [0, 0.1) is 17.8 Å². The number of fused-ring (bicyclic) bond motifs is 2. The number of hydrogen-bond acceptors (Lipinski definition) is 13. The van der Waals surface area contributed by atoms with Gasteiger partial charge >= 0.3 is 11.9 Å². The zero-order valence-electron chi connectivity index (χ0n) is 37.9. The van der Waals surface area contributed by atoms with E-state index in [9.17, 15) is 47.1 Å². The molecule has 5 amide bonds. The largest absolute Gasteiger partial charge is 0.483 e. The predicted octanol–water partition coefficient (Wildman–Crippen LogP) is 4.90. The Labute approximate surface area is 411 Å². The molecule has 2 unspecified atom stereocenters. The average Bonchev–Trinajstić information content (AvgIpc) is 3.51. The molecule has 19 nitrogen and oxygen atoms in total. The fourth-order valence-electron chi connectivity index (χ4n) is 10.3. The normalized spacial score (nSPS) is 22.7. The number of carbonyl (C=O) groups excluding carboxylic acids is 5. The van der Waals surface area contributed by atoms with E-state index >= 15 is 0 Å². The van der Waals surface area contributed by atoms with Crippen molar-refractivity contribution in [1.82, 2.24) is 19.4 Å². The number of carboxylic acids is 2. The van der Waals surface area contributed by atoms with Crippen LogP contribution in [0.5, 0.6) is 11.5 Å². The predicted molar refractivity (Wildman–Crippen MR) is 255 cm³/mol. The van der Waals surface area contributed by atoms with Crippen LogP contribution in [-0.4, -0.2) is 125 Å². The first-order chi connectivity index (χ1) is 33.3. The molecule has 4 aliphatic heterocycles. The van der Waals surface area contributed by atoms with E-state index in [-0.39, 0.29) is 101 Å². The molecule has 4 fully saturated rings. The maximum atomic E-state index is 14.0. The monoisotopic (exact) mass is 1020 g/mol. The van der Waals surface area contributed by atoms with Gasteiger partial charge in [-0.1, -0.05) is 41.9 Å². The lowest BCUT2D eigenvalue weighted by Crippen LogP contribution is -2.55. The number of nitrogens with one attached hydrogen (secondary N) is 3. The summed E-state index contributed by atoms with van der Waals surface area (Å²) in [5.41, 5.74) is 2.42. The lowest BCUT2D eigenvalue weighted by atomic mass is 9.89. The molecule has 368 valence electrons. The summed E-state index contributed by atoms with van der Waals surface area (Å²) in [6.07, 6.45) is 1.31. The molecule has 3 saturated heterocycles. The molecule has 9 rings (SSSR count). The number of carboxylic acid groups (broad SMARTS) is 2. The van der Waals surface area contributed by atoms with Crippen molar-refractivity contribution in [2.24, 2.45) is 17.8 Å². The number of hydrogen-bond donors (Lipinski definition) is 5. The highest BCUT2D eigenvalue weighted by molar-refractivity contribution is 7.88. The van der Waals surface area contributed by atoms with E-state index in [0.29, 0.717) is 70.2 Å². The lowest BCUT2D eigenvalue weighted by Gasteiger charge is -2.45. The smallest absolute Gasteiger partial charge is 0.349 e. The van der Waals surface area contributed by atoms with Crippen LogP contribution in [0.1, 0.15) is 70.7 Å². The van der Waals surface area contributed by atoms with Crippen LogP contribution in [0.3, 0.4) is 0 Å². The molecule has 1 aliphatic carbocycles. The third-order valence-corrected chi connectivity index (χ3v) is 17.3. The summed E-state index contributed by atoms with van der Waals surface area (Å²) >= 11 is 7.39. The summed E-state index contributed by atoms with van der Waals surface area (Å²) in [6.45, 7) is 3.80. The van der Waals surface area contributed by atoms with Crippen molar-refractivity contribution in [2.45, 2.75) is 69.5 Å². The molecule has 4 aromatic rings. The number of benzene rings is 3. The number of nitrogens with zero attached hydrogens (tertiary/aromatic N) is 3. The second-order valence-corrected chi connectivity index (χ2v) is 22.1. The molecule has 1 saturated carbocycles. The van der Waals surface area contributed by atoms with E-state index in [1.807, 2.05) is 19.9 Å². The maximum absolute atomic E-state index is 14.0. The minimum atomic E-state index is -3.83. The number of sulfonamides is 1. The third-order valence-electron chi connectivity index (χ3n) is 13.6. The molecular formula is C48H49ClN6O13S2. The number of aliphatic carboxylic acids is 1. The van der Waals surface area contributed by atoms with E-state index in [2.05, 4.69) is 16.0 Å². The second-order valence-electron chi connectivity index (χ2n) is 18.8. The zero-order chi connectivity index (χ0) is 49.8. The van der Waals surface area contributed by atoms with Gasteiger partial charge in [-0.2, -0.15) is 4.31 Å². The number of piperidine rings is 3. The van der Waals surface area contributed by atoms with Crippen molar-refractivity contribution in [3.05, 3.63) is 93.3 Å². The Morgan fingerprint density at radius 2 is 1.66 bits per heavy atom. The molecule has 5 heterocycles. The number of amides is 5. The number of imide groups is 1. The summed E-state index contributed by atoms with van der Waals surface area (Å²) < 4.78 is 40.7. The molecule has 0 radical (unpaired) electrons. The maximum Gasteiger partial charge on any atom is 0.349 e. The Bertz CT molecular complexity index is 2950. The first-order valence-electron chi connectivity index (χ1n) is 22.6. The molecule has 22 heteroatoms. The number of rotatable bonds is 16. The Hall–Kier alpha value is -6.55. The minimum Gasteiger partial charge on any atom is -0.483 e. The van der Waals surface area contributed by atoms with Gasteiger partial charge in [0.05, 0.1) is 17.2 Å². The summed E-state index contributed by atoms with van der Waals surface area (Å²) in [6, 6.07) is 18.0. The van der Waals surface area contributed by atoms with Gasteiger partial charge in [-0.3, -0.25) is 29.3 Å². The Kier molecular flexibility index (Phi) is 13.1. The summed E-state index contributed by atoms with van der Waals surface area (Å²) in [5, 5.41) is 27.5. The molecule has 5 aliphatic rings. The number of thiophene rings is 1. The number of likely N-dealkylation sites (tertiary alicyclic amines) is 1. The van der Waals surface area contributed by atoms with Crippen LogP contribution < -0.4 is 25.4 Å². The fraction of sp³-hybridized carbons (Fsp3) is 0.396. The van der Waals surface area contributed by atoms with Crippen LogP contribution in [0.4, 0.5) is 11.4 Å². The van der Waals surface area contributed by atoms with Crippen molar-refractivity contribution < 1.29 is 61.7 Å².